The van der Waals surface area contributed by atoms with Gasteiger partial charge >= 0.3 is 0 Å². The third kappa shape index (κ3) is 5.18. The van der Waals surface area contributed by atoms with Crippen molar-refractivity contribution in [1.82, 2.24) is 0 Å². The van der Waals surface area contributed by atoms with E-state index < -0.39 is 20.0 Å². The van der Waals surface area contributed by atoms with Crippen molar-refractivity contribution in [3.63, 3.8) is 0 Å². The molecule has 1 saturated heterocycles. The van der Waals surface area contributed by atoms with E-state index in [1.165, 1.54) is 36.4 Å². The number of aryl methyl sites for hydroxylation is 1. The van der Waals surface area contributed by atoms with Gasteiger partial charge in [-0.3, -0.25) is 14.2 Å². The number of hydrogen-bond acceptors (Lipinski definition) is 5. The quantitative estimate of drug-likeness (QED) is 0.530. The van der Waals surface area contributed by atoms with E-state index in [1.54, 1.807) is 35.2 Å². The van der Waals surface area contributed by atoms with Crippen LogP contribution < -0.4 is 14.3 Å². The van der Waals surface area contributed by atoms with Crippen LogP contribution in [0.5, 0.6) is 0 Å². The maximum Gasteiger partial charge on any atom is 0.261 e. The number of rotatable bonds is 7. The fourth-order valence-electron chi connectivity index (χ4n) is 3.57. The molecule has 3 aromatic rings. The average Bonchev–Trinajstić information content (AvgIpc) is 3.19. The minimum atomic E-state index is -3.89. The molecule has 1 aliphatic rings. The molecule has 8 nitrogen and oxygen atoms in total. The van der Waals surface area contributed by atoms with E-state index in [0.29, 0.717) is 24.3 Å². The Balaban J connectivity index is 1.47. The van der Waals surface area contributed by atoms with E-state index in [4.69, 9.17) is 0 Å². The number of carbonyl (C=O) groups is 1. The van der Waals surface area contributed by atoms with Crippen molar-refractivity contribution in [3.8, 4) is 0 Å². The lowest BCUT2D eigenvalue weighted by Crippen LogP contribution is -2.23. The maximum absolute atomic E-state index is 12.7. The number of nitrogens with zero attached hydrogens (tertiary/aromatic N) is 1. The van der Waals surface area contributed by atoms with Crippen LogP contribution in [0.15, 0.2) is 82.6 Å². The van der Waals surface area contributed by atoms with Gasteiger partial charge in [0.2, 0.25) is 5.91 Å². The standard InChI is InChI=1S/C23H23N3O5S2/c1-17-4-2-5-19(16-17)25-33(30,31)21-11-7-18(8-12-21)24-32(28,29)22-13-9-20(10-14-22)26-15-3-6-23(26)27/h2,4-5,7-14,16,24-25H,3,6,15H2,1H3. The zero-order chi connectivity index (χ0) is 23.6. The SMILES string of the molecule is Cc1cccc(NS(=O)(=O)c2ccc(NS(=O)(=O)c3ccc(N4CCCC4=O)cc3)cc2)c1. The lowest BCUT2D eigenvalue weighted by molar-refractivity contribution is -0.117. The fraction of sp³-hybridized carbons (Fsp3) is 0.174. The summed E-state index contributed by atoms with van der Waals surface area (Å²) in [7, 11) is -7.71. The average molecular weight is 486 g/mol. The summed E-state index contributed by atoms with van der Waals surface area (Å²) in [5.41, 5.74) is 2.24. The summed E-state index contributed by atoms with van der Waals surface area (Å²) in [6, 6.07) is 18.5. The lowest BCUT2D eigenvalue weighted by atomic mass is 10.2. The van der Waals surface area contributed by atoms with E-state index in [0.717, 1.165) is 12.0 Å². The van der Waals surface area contributed by atoms with Crippen LogP contribution in [0.2, 0.25) is 0 Å². The van der Waals surface area contributed by atoms with Crippen LogP contribution in [0, 0.1) is 6.92 Å². The van der Waals surface area contributed by atoms with Crippen LogP contribution in [0.4, 0.5) is 17.1 Å². The maximum atomic E-state index is 12.7. The number of nitrogens with one attached hydrogen (secondary N) is 2. The molecular weight excluding hydrogens is 462 g/mol. The molecule has 2 N–H and O–H groups in total. The molecule has 1 aliphatic heterocycles. The molecule has 0 saturated carbocycles. The van der Waals surface area contributed by atoms with Gasteiger partial charge < -0.3 is 4.90 Å². The van der Waals surface area contributed by atoms with E-state index in [1.807, 2.05) is 13.0 Å². The lowest BCUT2D eigenvalue weighted by Gasteiger charge is -2.16. The van der Waals surface area contributed by atoms with E-state index >= 15 is 0 Å². The summed E-state index contributed by atoms with van der Waals surface area (Å²) >= 11 is 0. The molecule has 0 aromatic heterocycles. The number of sulfonamides is 2. The topological polar surface area (TPSA) is 113 Å². The highest BCUT2D eigenvalue weighted by atomic mass is 32.2. The molecule has 0 radical (unpaired) electrons. The summed E-state index contributed by atoms with van der Waals surface area (Å²) in [4.78, 5) is 13.5. The Morgan fingerprint density at radius 3 is 1.88 bits per heavy atom. The van der Waals surface area contributed by atoms with Gasteiger partial charge in [0.15, 0.2) is 0 Å². The zero-order valence-electron chi connectivity index (χ0n) is 17.9. The van der Waals surface area contributed by atoms with Crippen LogP contribution >= 0.6 is 0 Å². The van der Waals surface area contributed by atoms with Gasteiger partial charge in [-0.1, -0.05) is 12.1 Å². The molecule has 172 valence electrons. The Morgan fingerprint density at radius 1 is 0.758 bits per heavy atom. The van der Waals surface area contributed by atoms with Crippen molar-refractivity contribution >= 4 is 43.0 Å². The van der Waals surface area contributed by atoms with E-state index in [2.05, 4.69) is 9.44 Å². The minimum Gasteiger partial charge on any atom is -0.312 e. The van der Waals surface area contributed by atoms with Gasteiger partial charge in [-0.15, -0.1) is 0 Å². The molecule has 10 heteroatoms. The van der Waals surface area contributed by atoms with Gasteiger partial charge in [0.05, 0.1) is 9.79 Å². The first-order valence-electron chi connectivity index (χ1n) is 10.3. The summed E-state index contributed by atoms with van der Waals surface area (Å²) in [5, 5.41) is 0. The molecule has 0 spiro atoms. The van der Waals surface area contributed by atoms with Gasteiger partial charge in [-0.05, 0) is 79.6 Å². The number of benzene rings is 3. The van der Waals surface area contributed by atoms with Crippen LogP contribution in [-0.2, 0) is 24.8 Å². The van der Waals surface area contributed by atoms with Gasteiger partial charge in [0.1, 0.15) is 0 Å². The van der Waals surface area contributed by atoms with Crippen LogP contribution in [0.25, 0.3) is 0 Å². The Labute approximate surface area is 193 Å². The molecule has 0 unspecified atom stereocenters. The predicted octanol–water partition coefficient (Wildman–Crippen LogP) is 3.72. The Bertz CT molecular complexity index is 1380. The normalized spacial score (nSPS) is 14.3. The largest absolute Gasteiger partial charge is 0.312 e. The summed E-state index contributed by atoms with van der Waals surface area (Å²) < 4.78 is 55.6. The van der Waals surface area contributed by atoms with Gasteiger partial charge in [-0.2, -0.15) is 0 Å². The molecule has 33 heavy (non-hydrogen) atoms. The minimum absolute atomic E-state index is 0.00610. The summed E-state index contributed by atoms with van der Waals surface area (Å²) in [6.07, 6.45) is 1.28. The number of anilines is 3. The molecule has 3 aromatic carbocycles. The molecule has 1 amide bonds. The van der Waals surface area contributed by atoms with Gasteiger partial charge in [0.25, 0.3) is 20.0 Å². The van der Waals surface area contributed by atoms with Gasteiger partial charge in [0, 0.05) is 30.0 Å². The number of carbonyl (C=O) groups excluding carboxylic acids is 1. The second-order valence-corrected chi connectivity index (χ2v) is 11.1. The van der Waals surface area contributed by atoms with Crippen LogP contribution in [-0.4, -0.2) is 29.3 Å². The molecule has 0 aliphatic carbocycles. The highest BCUT2D eigenvalue weighted by molar-refractivity contribution is 7.93. The molecule has 0 atom stereocenters. The first kappa shape index (κ1) is 22.8. The van der Waals surface area contributed by atoms with Crippen LogP contribution in [0.1, 0.15) is 18.4 Å². The zero-order valence-corrected chi connectivity index (χ0v) is 19.5. The highest BCUT2D eigenvalue weighted by Crippen LogP contribution is 2.25. The Morgan fingerprint density at radius 2 is 1.33 bits per heavy atom. The van der Waals surface area contributed by atoms with Crippen molar-refractivity contribution in [2.75, 3.05) is 20.9 Å². The molecule has 0 bridgehead atoms. The smallest absolute Gasteiger partial charge is 0.261 e. The van der Waals surface area contributed by atoms with Gasteiger partial charge in [-0.25, -0.2) is 16.8 Å². The third-order valence-electron chi connectivity index (χ3n) is 5.22. The van der Waals surface area contributed by atoms with Crippen molar-refractivity contribution in [2.24, 2.45) is 0 Å². The van der Waals surface area contributed by atoms with Crippen LogP contribution in [0.3, 0.4) is 0 Å². The van der Waals surface area contributed by atoms with Crippen molar-refractivity contribution in [3.05, 3.63) is 78.4 Å². The van der Waals surface area contributed by atoms with Crippen molar-refractivity contribution in [2.45, 2.75) is 29.6 Å². The summed E-state index contributed by atoms with van der Waals surface area (Å²) in [5.74, 6) is 0.0238. The van der Waals surface area contributed by atoms with Crippen molar-refractivity contribution in [1.29, 1.82) is 0 Å². The highest BCUT2D eigenvalue weighted by Gasteiger charge is 2.22. The second kappa shape index (κ2) is 8.87. The van der Waals surface area contributed by atoms with Crippen molar-refractivity contribution < 1.29 is 21.6 Å². The Hall–Kier alpha value is -3.37. The molecule has 1 heterocycles. The number of hydrogen-bond donors (Lipinski definition) is 2. The van der Waals surface area contributed by atoms with E-state index in [-0.39, 0.29) is 21.4 Å². The Kier molecular flexibility index (Phi) is 6.13. The predicted molar refractivity (Wildman–Crippen MR) is 127 cm³/mol. The fourth-order valence-corrected chi connectivity index (χ4v) is 5.67. The first-order valence-corrected chi connectivity index (χ1v) is 13.2. The summed E-state index contributed by atoms with van der Waals surface area (Å²) in [6.45, 7) is 2.48. The second-order valence-electron chi connectivity index (χ2n) is 7.75. The molecule has 4 rings (SSSR count). The van der Waals surface area contributed by atoms with E-state index in [9.17, 15) is 21.6 Å². The first-order chi connectivity index (χ1) is 15.6. The number of amides is 1. The third-order valence-corrected chi connectivity index (χ3v) is 8.01. The monoisotopic (exact) mass is 485 g/mol. The molecular formula is C23H23N3O5S2. The molecule has 1 fully saturated rings.